The Hall–Kier alpha value is -2.75. The highest BCUT2D eigenvalue weighted by Crippen LogP contribution is 2.25. The topological polar surface area (TPSA) is 93.5 Å². The smallest absolute Gasteiger partial charge is 0.251 e. The molecule has 1 amide bonds. The third kappa shape index (κ3) is 4.53. The molecule has 0 bridgehead atoms. The SMILES string of the molecule is CCc1ccc(C(=O)NC(C)c2nc3ccccc3n2CC)cc1S(=O)(=O)N1CCOCC1. The Morgan fingerprint density at radius 1 is 1.15 bits per heavy atom. The molecular weight excluding hydrogens is 440 g/mol. The van der Waals surface area contributed by atoms with Crippen LogP contribution in [0.4, 0.5) is 0 Å². The summed E-state index contributed by atoms with van der Waals surface area (Å²) in [5.74, 6) is 0.427. The lowest BCUT2D eigenvalue weighted by Gasteiger charge is -2.27. The van der Waals surface area contributed by atoms with E-state index in [1.807, 2.05) is 45.0 Å². The van der Waals surface area contributed by atoms with E-state index in [2.05, 4.69) is 9.88 Å². The van der Waals surface area contributed by atoms with Gasteiger partial charge in [-0.1, -0.05) is 25.1 Å². The molecule has 2 aromatic carbocycles. The van der Waals surface area contributed by atoms with Crippen molar-refractivity contribution in [1.82, 2.24) is 19.2 Å². The maximum atomic E-state index is 13.3. The Bertz CT molecular complexity index is 1260. The van der Waals surface area contributed by atoms with Crippen molar-refractivity contribution in [2.75, 3.05) is 26.3 Å². The van der Waals surface area contributed by atoms with Crippen molar-refractivity contribution in [3.05, 3.63) is 59.4 Å². The number of fused-ring (bicyclic) bond motifs is 1. The van der Waals surface area contributed by atoms with Crippen LogP contribution in [0.5, 0.6) is 0 Å². The summed E-state index contributed by atoms with van der Waals surface area (Å²) < 4.78 is 35.4. The fourth-order valence-electron chi connectivity index (χ4n) is 4.26. The Morgan fingerprint density at radius 3 is 2.58 bits per heavy atom. The molecule has 1 atom stereocenters. The third-order valence-corrected chi connectivity index (χ3v) is 8.01. The fraction of sp³-hybridized carbons (Fsp3) is 0.417. The molecule has 0 saturated carbocycles. The molecule has 1 fully saturated rings. The van der Waals surface area contributed by atoms with Crippen LogP contribution in [0.1, 0.15) is 48.6 Å². The van der Waals surface area contributed by atoms with Crippen LogP contribution in [0, 0.1) is 0 Å². The van der Waals surface area contributed by atoms with Crippen LogP contribution in [0.25, 0.3) is 11.0 Å². The van der Waals surface area contributed by atoms with Crippen molar-refractivity contribution in [1.29, 1.82) is 0 Å². The van der Waals surface area contributed by atoms with Crippen LogP contribution in [0.15, 0.2) is 47.4 Å². The number of aryl methyl sites for hydroxylation is 2. The van der Waals surface area contributed by atoms with Gasteiger partial charge in [0, 0.05) is 25.2 Å². The fourth-order valence-corrected chi connectivity index (χ4v) is 5.98. The highest BCUT2D eigenvalue weighted by Gasteiger charge is 2.29. The van der Waals surface area contributed by atoms with Crippen molar-refractivity contribution in [2.24, 2.45) is 0 Å². The van der Waals surface area contributed by atoms with E-state index in [1.54, 1.807) is 12.1 Å². The molecule has 1 aromatic heterocycles. The van der Waals surface area contributed by atoms with Crippen LogP contribution in [0.2, 0.25) is 0 Å². The van der Waals surface area contributed by atoms with Gasteiger partial charge in [-0.3, -0.25) is 4.79 Å². The predicted molar refractivity (Wildman–Crippen MR) is 127 cm³/mol. The number of sulfonamides is 1. The molecule has 33 heavy (non-hydrogen) atoms. The highest BCUT2D eigenvalue weighted by molar-refractivity contribution is 7.89. The van der Waals surface area contributed by atoms with E-state index in [1.165, 1.54) is 10.4 Å². The second kappa shape index (κ2) is 9.62. The summed E-state index contributed by atoms with van der Waals surface area (Å²) in [5, 5.41) is 2.99. The van der Waals surface area contributed by atoms with E-state index in [0.29, 0.717) is 43.9 Å². The Kier molecular flexibility index (Phi) is 6.83. The summed E-state index contributed by atoms with van der Waals surface area (Å²) in [6.07, 6.45) is 0.553. The molecule has 1 unspecified atom stereocenters. The molecule has 176 valence electrons. The molecule has 1 N–H and O–H groups in total. The van der Waals surface area contributed by atoms with Gasteiger partial charge in [0.15, 0.2) is 0 Å². The van der Waals surface area contributed by atoms with E-state index >= 15 is 0 Å². The lowest BCUT2D eigenvalue weighted by Crippen LogP contribution is -2.41. The quantitative estimate of drug-likeness (QED) is 0.573. The van der Waals surface area contributed by atoms with E-state index in [4.69, 9.17) is 9.72 Å². The number of carbonyl (C=O) groups is 1. The molecule has 1 saturated heterocycles. The van der Waals surface area contributed by atoms with E-state index in [9.17, 15) is 13.2 Å². The minimum Gasteiger partial charge on any atom is -0.379 e. The zero-order valence-corrected chi connectivity index (χ0v) is 20.1. The molecule has 2 heterocycles. The van der Waals surface area contributed by atoms with Crippen molar-refractivity contribution in [3.63, 3.8) is 0 Å². The van der Waals surface area contributed by atoms with Crippen molar-refractivity contribution in [3.8, 4) is 0 Å². The molecule has 3 aromatic rings. The lowest BCUT2D eigenvalue weighted by molar-refractivity contribution is 0.0730. The summed E-state index contributed by atoms with van der Waals surface area (Å²) in [4.78, 5) is 18.0. The first kappa shape index (κ1) is 23.4. The number of nitrogens with one attached hydrogen (secondary N) is 1. The summed E-state index contributed by atoms with van der Waals surface area (Å²) in [7, 11) is -3.71. The lowest BCUT2D eigenvalue weighted by atomic mass is 10.1. The number of carbonyl (C=O) groups excluding carboxylic acids is 1. The largest absolute Gasteiger partial charge is 0.379 e. The molecule has 1 aliphatic rings. The molecule has 9 heteroatoms. The average Bonchev–Trinajstić information content (AvgIpc) is 3.23. The van der Waals surface area contributed by atoms with Crippen molar-refractivity contribution >= 4 is 27.0 Å². The maximum Gasteiger partial charge on any atom is 0.251 e. The van der Waals surface area contributed by atoms with Gasteiger partial charge in [0.05, 0.1) is 35.2 Å². The normalized spacial score (nSPS) is 16.1. The minimum atomic E-state index is -3.71. The zero-order valence-electron chi connectivity index (χ0n) is 19.2. The average molecular weight is 471 g/mol. The van der Waals surface area contributed by atoms with E-state index in [0.717, 1.165) is 23.4 Å². The van der Waals surface area contributed by atoms with Gasteiger partial charge >= 0.3 is 0 Å². The molecule has 0 aliphatic carbocycles. The van der Waals surface area contributed by atoms with Crippen LogP contribution < -0.4 is 5.32 Å². The van der Waals surface area contributed by atoms with Gasteiger partial charge < -0.3 is 14.6 Å². The Balaban J connectivity index is 1.62. The van der Waals surface area contributed by atoms with Crippen molar-refractivity contribution < 1.29 is 17.9 Å². The summed E-state index contributed by atoms with van der Waals surface area (Å²) in [6, 6.07) is 12.4. The third-order valence-electron chi connectivity index (χ3n) is 6.03. The van der Waals surface area contributed by atoms with Gasteiger partial charge in [0.25, 0.3) is 5.91 Å². The van der Waals surface area contributed by atoms with Gasteiger partial charge in [-0.2, -0.15) is 4.31 Å². The first-order valence-electron chi connectivity index (χ1n) is 11.3. The molecule has 8 nitrogen and oxygen atoms in total. The molecule has 4 rings (SSSR count). The molecule has 0 radical (unpaired) electrons. The number of nitrogens with zero attached hydrogens (tertiary/aromatic N) is 3. The van der Waals surface area contributed by atoms with Crippen LogP contribution in [0.3, 0.4) is 0 Å². The second-order valence-corrected chi connectivity index (χ2v) is 10.00. The minimum absolute atomic E-state index is 0.188. The predicted octanol–water partition coefficient (Wildman–Crippen LogP) is 3.13. The number of rotatable bonds is 7. The van der Waals surface area contributed by atoms with E-state index < -0.39 is 10.0 Å². The number of amides is 1. The molecule has 1 aliphatic heterocycles. The number of aromatic nitrogens is 2. The molecule has 0 spiro atoms. The standard InChI is InChI=1S/C24H30N4O4S/c1-4-18-10-11-19(16-22(18)33(30,31)27-12-14-32-15-13-27)24(29)25-17(3)23-26-20-8-6-7-9-21(20)28(23)5-2/h6-11,16-17H,4-5,12-15H2,1-3H3,(H,25,29). The maximum absolute atomic E-state index is 13.3. The number of para-hydroxylation sites is 2. The van der Waals surface area contributed by atoms with Gasteiger partial charge in [0.1, 0.15) is 5.82 Å². The number of ether oxygens (including phenoxy) is 1. The van der Waals surface area contributed by atoms with Gasteiger partial charge in [-0.25, -0.2) is 13.4 Å². The Morgan fingerprint density at radius 2 is 1.88 bits per heavy atom. The second-order valence-electron chi connectivity index (χ2n) is 8.09. The summed E-state index contributed by atoms with van der Waals surface area (Å²) >= 11 is 0. The summed E-state index contributed by atoms with van der Waals surface area (Å²) in [6.45, 7) is 7.93. The van der Waals surface area contributed by atoms with E-state index in [-0.39, 0.29) is 16.8 Å². The van der Waals surface area contributed by atoms with Crippen molar-refractivity contribution in [2.45, 2.75) is 44.7 Å². The van der Waals surface area contributed by atoms with Crippen LogP contribution >= 0.6 is 0 Å². The number of benzene rings is 2. The zero-order chi connectivity index (χ0) is 23.6. The summed E-state index contributed by atoms with van der Waals surface area (Å²) in [5.41, 5.74) is 2.90. The number of hydrogen-bond acceptors (Lipinski definition) is 5. The number of morpholine rings is 1. The number of imidazole rings is 1. The first-order valence-corrected chi connectivity index (χ1v) is 12.8. The highest BCUT2D eigenvalue weighted by atomic mass is 32.2. The Labute approximate surface area is 194 Å². The monoisotopic (exact) mass is 470 g/mol. The van der Waals surface area contributed by atoms with Gasteiger partial charge in [0.2, 0.25) is 10.0 Å². The van der Waals surface area contributed by atoms with Crippen LogP contribution in [-0.2, 0) is 27.7 Å². The van der Waals surface area contributed by atoms with Crippen LogP contribution in [-0.4, -0.2) is 54.5 Å². The van der Waals surface area contributed by atoms with Gasteiger partial charge in [-0.15, -0.1) is 0 Å². The van der Waals surface area contributed by atoms with Gasteiger partial charge in [-0.05, 0) is 50.1 Å². The first-order chi connectivity index (χ1) is 15.9. The number of hydrogen-bond donors (Lipinski definition) is 1. The molecular formula is C24H30N4O4S.